The molecule has 3 rings (SSSR count). The van der Waals surface area contributed by atoms with Crippen molar-refractivity contribution >= 4 is 33.0 Å². The molecule has 0 radical (unpaired) electrons. The van der Waals surface area contributed by atoms with E-state index in [-0.39, 0.29) is 35.0 Å². The lowest BCUT2D eigenvalue weighted by molar-refractivity contribution is -0.120. The van der Waals surface area contributed by atoms with E-state index in [1.165, 1.54) is 11.3 Å². The van der Waals surface area contributed by atoms with E-state index >= 15 is 0 Å². The molecule has 1 atom stereocenters. The molecule has 0 saturated heterocycles. The topological polar surface area (TPSA) is 92.3 Å². The summed E-state index contributed by atoms with van der Waals surface area (Å²) in [6.07, 6.45) is 0.323. The highest BCUT2D eigenvalue weighted by Gasteiger charge is 2.30. The SMILES string of the molecule is O=C(CNC(=O)c1cccs1)NC1CCS(=O)(=O)c2ccccc21. The van der Waals surface area contributed by atoms with Crippen molar-refractivity contribution in [3.8, 4) is 0 Å². The molecule has 1 aromatic heterocycles. The third kappa shape index (κ3) is 3.49. The van der Waals surface area contributed by atoms with Gasteiger partial charge >= 0.3 is 0 Å². The van der Waals surface area contributed by atoms with Crippen molar-refractivity contribution in [1.82, 2.24) is 10.6 Å². The van der Waals surface area contributed by atoms with E-state index in [1.807, 2.05) is 0 Å². The van der Waals surface area contributed by atoms with E-state index in [4.69, 9.17) is 0 Å². The van der Waals surface area contributed by atoms with Crippen molar-refractivity contribution < 1.29 is 18.0 Å². The average Bonchev–Trinajstić information content (AvgIpc) is 3.10. The molecule has 0 saturated carbocycles. The van der Waals surface area contributed by atoms with Crippen molar-refractivity contribution in [3.05, 3.63) is 52.2 Å². The van der Waals surface area contributed by atoms with Crippen LogP contribution < -0.4 is 10.6 Å². The van der Waals surface area contributed by atoms with Gasteiger partial charge in [-0.15, -0.1) is 11.3 Å². The molecule has 1 unspecified atom stereocenters. The molecule has 126 valence electrons. The second-order valence-electron chi connectivity index (χ2n) is 5.43. The van der Waals surface area contributed by atoms with Crippen LogP contribution in [0.3, 0.4) is 0 Å². The van der Waals surface area contributed by atoms with Crippen molar-refractivity contribution in [2.75, 3.05) is 12.3 Å². The molecule has 1 aliphatic rings. The van der Waals surface area contributed by atoms with Crippen LogP contribution in [0, 0.1) is 0 Å². The number of carbonyl (C=O) groups excluding carboxylic acids is 2. The fourth-order valence-electron chi connectivity index (χ4n) is 2.64. The summed E-state index contributed by atoms with van der Waals surface area (Å²) in [4.78, 5) is 24.7. The molecule has 2 N–H and O–H groups in total. The smallest absolute Gasteiger partial charge is 0.261 e. The number of hydrogen-bond acceptors (Lipinski definition) is 5. The molecule has 2 aromatic rings. The van der Waals surface area contributed by atoms with Gasteiger partial charge < -0.3 is 10.6 Å². The van der Waals surface area contributed by atoms with Gasteiger partial charge in [0.2, 0.25) is 5.91 Å². The van der Waals surface area contributed by atoms with Crippen LogP contribution in [0.25, 0.3) is 0 Å². The molecule has 1 aliphatic heterocycles. The van der Waals surface area contributed by atoms with E-state index in [9.17, 15) is 18.0 Å². The molecule has 0 aliphatic carbocycles. The van der Waals surface area contributed by atoms with Gasteiger partial charge in [0.25, 0.3) is 5.91 Å². The van der Waals surface area contributed by atoms with E-state index in [0.717, 1.165) is 0 Å². The van der Waals surface area contributed by atoms with E-state index in [2.05, 4.69) is 10.6 Å². The Bertz CT molecular complexity index is 860. The Hall–Kier alpha value is -2.19. The average molecular weight is 364 g/mol. The monoisotopic (exact) mass is 364 g/mol. The molecule has 6 nitrogen and oxygen atoms in total. The molecule has 0 spiro atoms. The second-order valence-corrected chi connectivity index (χ2v) is 8.45. The second kappa shape index (κ2) is 6.74. The highest BCUT2D eigenvalue weighted by atomic mass is 32.2. The van der Waals surface area contributed by atoms with Crippen LogP contribution in [0.2, 0.25) is 0 Å². The van der Waals surface area contributed by atoms with Gasteiger partial charge in [-0.1, -0.05) is 24.3 Å². The van der Waals surface area contributed by atoms with Gasteiger partial charge in [-0.2, -0.15) is 0 Å². The lowest BCUT2D eigenvalue weighted by Crippen LogP contribution is -2.40. The van der Waals surface area contributed by atoms with Crippen LogP contribution in [-0.2, 0) is 14.6 Å². The number of amides is 2. The van der Waals surface area contributed by atoms with Gasteiger partial charge in [0.05, 0.1) is 28.1 Å². The van der Waals surface area contributed by atoms with Gasteiger partial charge in [-0.25, -0.2) is 8.42 Å². The number of thiophene rings is 1. The van der Waals surface area contributed by atoms with E-state index < -0.39 is 9.84 Å². The number of carbonyl (C=O) groups is 2. The van der Waals surface area contributed by atoms with Crippen LogP contribution in [0.15, 0.2) is 46.7 Å². The molecule has 0 bridgehead atoms. The molecule has 24 heavy (non-hydrogen) atoms. The number of hydrogen-bond donors (Lipinski definition) is 2. The van der Waals surface area contributed by atoms with Gasteiger partial charge in [-0.3, -0.25) is 9.59 Å². The Morgan fingerprint density at radius 1 is 1.17 bits per heavy atom. The number of rotatable bonds is 4. The van der Waals surface area contributed by atoms with Gasteiger partial charge in [0.1, 0.15) is 0 Å². The Morgan fingerprint density at radius 3 is 2.71 bits per heavy atom. The lowest BCUT2D eigenvalue weighted by Gasteiger charge is -2.26. The fraction of sp³-hybridized carbons (Fsp3) is 0.250. The minimum atomic E-state index is -3.29. The molecule has 2 heterocycles. The summed E-state index contributed by atoms with van der Waals surface area (Å²) in [6.45, 7) is -0.151. The van der Waals surface area contributed by atoms with Gasteiger partial charge in [-0.05, 0) is 29.5 Å². The standard InChI is InChI=1S/C16H16N2O4S2/c19-15(10-17-16(20)13-5-3-8-23-13)18-12-7-9-24(21,22)14-6-2-1-4-11(12)14/h1-6,8,12H,7,9-10H2,(H,17,20)(H,18,19). The summed E-state index contributed by atoms with van der Waals surface area (Å²) in [5.41, 5.74) is 0.599. The Labute approximate surface area is 143 Å². The summed E-state index contributed by atoms with van der Waals surface area (Å²) in [5.74, 6) is -0.651. The van der Waals surface area contributed by atoms with Crippen LogP contribution >= 0.6 is 11.3 Å². The Kier molecular flexibility index (Phi) is 4.68. The number of sulfone groups is 1. The summed E-state index contributed by atoms with van der Waals surface area (Å²) in [7, 11) is -3.29. The van der Waals surface area contributed by atoms with Crippen LogP contribution in [0.5, 0.6) is 0 Å². The minimum Gasteiger partial charge on any atom is -0.348 e. The van der Waals surface area contributed by atoms with Crippen LogP contribution in [-0.4, -0.2) is 32.5 Å². The largest absolute Gasteiger partial charge is 0.348 e. The van der Waals surface area contributed by atoms with Crippen LogP contribution in [0.4, 0.5) is 0 Å². The maximum absolute atomic E-state index is 12.1. The van der Waals surface area contributed by atoms with Crippen molar-refractivity contribution in [1.29, 1.82) is 0 Å². The van der Waals surface area contributed by atoms with E-state index in [0.29, 0.717) is 16.9 Å². The molecule has 0 fully saturated rings. The third-order valence-corrected chi connectivity index (χ3v) is 6.48. The fourth-order valence-corrected chi connectivity index (χ4v) is 4.90. The normalized spacial score (nSPS) is 18.4. The summed E-state index contributed by atoms with van der Waals surface area (Å²) in [5, 5.41) is 7.14. The molecular formula is C16H16N2O4S2. The first-order chi connectivity index (χ1) is 11.5. The maximum atomic E-state index is 12.1. The first-order valence-electron chi connectivity index (χ1n) is 7.40. The number of benzene rings is 1. The highest BCUT2D eigenvalue weighted by molar-refractivity contribution is 7.91. The molecule has 2 amide bonds. The quantitative estimate of drug-likeness (QED) is 0.860. The van der Waals surface area contributed by atoms with Crippen molar-refractivity contribution in [2.24, 2.45) is 0 Å². The van der Waals surface area contributed by atoms with Crippen molar-refractivity contribution in [2.45, 2.75) is 17.4 Å². The van der Waals surface area contributed by atoms with Gasteiger partial charge in [0.15, 0.2) is 9.84 Å². The zero-order valence-electron chi connectivity index (χ0n) is 12.7. The van der Waals surface area contributed by atoms with Gasteiger partial charge in [0, 0.05) is 0 Å². The zero-order chi connectivity index (χ0) is 17.2. The lowest BCUT2D eigenvalue weighted by atomic mass is 10.0. The Morgan fingerprint density at radius 2 is 1.96 bits per heavy atom. The zero-order valence-corrected chi connectivity index (χ0v) is 14.3. The van der Waals surface area contributed by atoms with Crippen LogP contribution in [0.1, 0.15) is 27.7 Å². The molecule has 8 heteroatoms. The van der Waals surface area contributed by atoms with E-state index in [1.54, 1.807) is 41.8 Å². The first-order valence-corrected chi connectivity index (χ1v) is 9.93. The maximum Gasteiger partial charge on any atom is 0.261 e. The number of fused-ring (bicyclic) bond motifs is 1. The Balaban J connectivity index is 1.64. The third-order valence-electron chi connectivity index (χ3n) is 3.79. The summed E-state index contributed by atoms with van der Waals surface area (Å²) >= 11 is 1.30. The first kappa shape index (κ1) is 16.7. The minimum absolute atomic E-state index is 0.00346. The summed E-state index contributed by atoms with van der Waals surface area (Å²) in [6, 6.07) is 9.76. The van der Waals surface area contributed by atoms with Crippen molar-refractivity contribution in [3.63, 3.8) is 0 Å². The predicted octanol–water partition coefficient (Wildman–Crippen LogP) is 1.51. The molecule has 1 aromatic carbocycles. The summed E-state index contributed by atoms with van der Waals surface area (Å²) < 4.78 is 24.2. The number of nitrogens with one attached hydrogen (secondary N) is 2. The molecular weight excluding hydrogens is 348 g/mol. The highest BCUT2D eigenvalue weighted by Crippen LogP contribution is 2.31. The predicted molar refractivity (Wildman–Crippen MR) is 90.6 cm³/mol.